The Labute approximate surface area is 120 Å². The SMILES string of the molecule is CCN(CC)C1(C(=O)Cc2nc(C)cs2)CCCC1. The van der Waals surface area contributed by atoms with Gasteiger partial charge < -0.3 is 0 Å². The Kier molecular flexibility index (Phi) is 4.74. The van der Waals surface area contributed by atoms with Crippen molar-refractivity contribution in [3.8, 4) is 0 Å². The first-order valence-electron chi connectivity index (χ1n) is 7.31. The molecule has 0 aliphatic heterocycles. The minimum atomic E-state index is -0.205. The smallest absolute Gasteiger partial charge is 0.159 e. The molecule has 0 N–H and O–H groups in total. The molecule has 0 bridgehead atoms. The Bertz CT molecular complexity index is 431. The van der Waals surface area contributed by atoms with Crippen molar-refractivity contribution in [3.05, 3.63) is 16.1 Å². The molecule has 4 heteroatoms. The number of carbonyl (C=O) groups is 1. The second-order valence-corrected chi connectivity index (χ2v) is 6.34. The van der Waals surface area contributed by atoms with Crippen molar-refractivity contribution in [2.75, 3.05) is 13.1 Å². The molecule has 0 spiro atoms. The lowest BCUT2D eigenvalue weighted by Crippen LogP contribution is -2.53. The molecule has 2 rings (SSSR count). The number of thiazole rings is 1. The fourth-order valence-corrected chi connectivity index (χ4v) is 4.12. The van der Waals surface area contributed by atoms with Gasteiger partial charge in [0.15, 0.2) is 5.78 Å². The van der Waals surface area contributed by atoms with Gasteiger partial charge in [-0.25, -0.2) is 4.98 Å². The topological polar surface area (TPSA) is 33.2 Å². The first-order chi connectivity index (χ1) is 9.12. The van der Waals surface area contributed by atoms with Crippen LogP contribution in [-0.4, -0.2) is 34.3 Å². The second-order valence-electron chi connectivity index (χ2n) is 5.39. The lowest BCUT2D eigenvalue weighted by atomic mass is 9.88. The van der Waals surface area contributed by atoms with Gasteiger partial charge in [-0.15, -0.1) is 11.3 Å². The van der Waals surface area contributed by atoms with Crippen LogP contribution in [0.25, 0.3) is 0 Å². The average molecular weight is 280 g/mol. The number of aryl methyl sites for hydroxylation is 1. The van der Waals surface area contributed by atoms with Gasteiger partial charge in [0.1, 0.15) is 5.01 Å². The van der Waals surface area contributed by atoms with Gasteiger partial charge in [-0.2, -0.15) is 0 Å². The zero-order valence-electron chi connectivity index (χ0n) is 12.2. The lowest BCUT2D eigenvalue weighted by Gasteiger charge is -2.39. The number of nitrogens with zero attached hydrogens (tertiary/aromatic N) is 2. The monoisotopic (exact) mass is 280 g/mol. The molecule has 0 saturated heterocycles. The number of hydrogen-bond donors (Lipinski definition) is 0. The zero-order valence-corrected chi connectivity index (χ0v) is 13.1. The van der Waals surface area contributed by atoms with Crippen molar-refractivity contribution < 1.29 is 4.79 Å². The van der Waals surface area contributed by atoms with E-state index in [0.717, 1.165) is 36.6 Å². The van der Waals surface area contributed by atoms with Crippen LogP contribution in [0, 0.1) is 6.92 Å². The maximum absolute atomic E-state index is 12.8. The normalized spacial score (nSPS) is 18.1. The highest BCUT2D eigenvalue weighted by Crippen LogP contribution is 2.37. The number of ketones is 1. The van der Waals surface area contributed by atoms with Crippen LogP contribution < -0.4 is 0 Å². The predicted molar refractivity (Wildman–Crippen MR) is 79.7 cm³/mol. The standard InChI is InChI=1S/C15H24N2OS/c1-4-17(5-2)15(8-6-7-9-15)13(18)10-14-16-12(3)11-19-14/h11H,4-10H2,1-3H3. The van der Waals surface area contributed by atoms with E-state index in [4.69, 9.17) is 0 Å². The van der Waals surface area contributed by atoms with Gasteiger partial charge in [0.25, 0.3) is 0 Å². The van der Waals surface area contributed by atoms with E-state index >= 15 is 0 Å². The third kappa shape index (κ3) is 2.90. The molecule has 3 nitrogen and oxygen atoms in total. The van der Waals surface area contributed by atoms with Crippen LogP contribution in [0.4, 0.5) is 0 Å². The molecule has 1 aromatic heterocycles. The van der Waals surface area contributed by atoms with Gasteiger partial charge in [0, 0.05) is 11.1 Å². The van der Waals surface area contributed by atoms with Crippen LogP contribution in [0.5, 0.6) is 0 Å². The zero-order chi connectivity index (χ0) is 13.9. The largest absolute Gasteiger partial charge is 0.297 e. The third-order valence-corrected chi connectivity index (χ3v) is 5.26. The minimum Gasteiger partial charge on any atom is -0.297 e. The maximum atomic E-state index is 12.8. The molecule has 1 heterocycles. The summed E-state index contributed by atoms with van der Waals surface area (Å²) in [6.45, 7) is 8.22. The predicted octanol–water partition coefficient (Wildman–Crippen LogP) is 3.22. The van der Waals surface area contributed by atoms with Crippen molar-refractivity contribution in [1.82, 2.24) is 9.88 Å². The van der Waals surface area contributed by atoms with Crippen molar-refractivity contribution >= 4 is 17.1 Å². The molecule has 0 amide bonds. The first kappa shape index (κ1) is 14.7. The molecular weight excluding hydrogens is 256 g/mol. The molecule has 19 heavy (non-hydrogen) atoms. The molecular formula is C15H24N2OS. The highest BCUT2D eigenvalue weighted by molar-refractivity contribution is 7.09. The summed E-state index contributed by atoms with van der Waals surface area (Å²) in [5, 5.41) is 3.00. The summed E-state index contributed by atoms with van der Waals surface area (Å²) in [5.41, 5.74) is 0.819. The Balaban J connectivity index is 2.16. The molecule has 1 aliphatic carbocycles. The van der Waals surface area contributed by atoms with Crippen molar-refractivity contribution in [1.29, 1.82) is 0 Å². The Morgan fingerprint density at radius 2 is 2.00 bits per heavy atom. The fraction of sp³-hybridized carbons (Fsp3) is 0.733. The second kappa shape index (κ2) is 6.14. The van der Waals surface area contributed by atoms with E-state index in [1.165, 1.54) is 12.8 Å². The summed E-state index contributed by atoms with van der Waals surface area (Å²) in [7, 11) is 0. The van der Waals surface area contributed by atoms with Gasteiger partial charge >= 0.3 is 0 Å². The van der Waals surface area contributed by atoms with Crippen LogP contribution in [0.1, 0.15) is 50.2 Å². The van der Waals surface area contributed by atoms with Gasteiger partial charge in [0.05, 0.1) is 12.0 Å². The number of hydrogen-bond acceptors (Lipinski definition) is 4. The fourth-order valence-electron chi connectivity index (χ4n) is 3.35. The molecule has 0 radical (unpaired) electrons. The van der Waals surface area contributed by atoms with Crippen LogP contribution in [-0.2, 0) is 11.2 Å². The molecule has 1 aliphatic rings. The number of likely N-dealkylation sites (N-methyl/N-ethyl adjacent to an activating group) is 1. The number of carbonyl (C=O) groups excluding carboxylic acids is 1. The molecule has 0 atom stereocenters. The van der Waals surface area contributed by atoms with Crippen LogP contribution >= 0.6 is 11.3 Å². The van der Waals surface area contributed by atoms with E-state index in [0.29, 0.717) is 12.2 Å². The van der Waals surface area contributed by atoms with E-state index < -0.39 is 0 Å². The molecule has 106 valence electrons. The van der Waals surface area contributed by atoms with Gasteiger partial charge in [0.2, 0.25) is 0 Å². The van der Waals surface area contributed by atoms with E-state index in [1.54, 1.807) is 11.3 Å². The minimum absolute atomic E-state index is 0.205. The van der Waals surface area contributed by atoms with Gasteiger partial charge in [-0.05, 0) is 32.9 Å². The Morgan fingerprint density at radius 3 is 2.47 bits per heavy atom. The molecule has 0 unspecified atom stereocenters. The highest BCUT2D eigenvalue weighted by atomic mass is 32.1. The van der Waals surface area contributed by atoms with Crippen LogP contribution in [0.2, 0.25) is 0 Å². The summed E-state index contributed by atoms with van der Waals surface area (Å²) in [5.74, 6) is 0.378. The van der Waals surface area contributed by atoms with E-state index in [1.807, 2.05) is 12.3 Å². The van der Waals surface area contributed by atoms with Crippen LogP contribution in [0.15, 0.2) is 5.38 Å². The summed E-state index contributed by atoms with van der Waals surface area (Å²) in [4.78, 5) is 19.6. The first-order valence-corrected chi connectivity index (χ1v) is 8.19. The average Bonchev–Trinajstić information content (AvgIpc) is 3.01. The van der Waals surface area contributed by atoms with Crippen molar-refractivity contribution in [3.63, 3.8) is 0 Å². The molecule has 1 fully saturated rings. The van der Waals surface area contributed by atoms with E-state index in [2.05, 4.69) is 23.7 Å². The van der Waals surface area contributed by atoms with E-state index in [9.17, 15) is 4.79 Å². The third-order valence-electron chi connectivity index (χ3n) is 4.30. The Hall–Kier alpha value is -0.740. The number of Topliss-reactive ketones (excluding diaryl/α,β-unsaturated/α-hetero) is 1. The van der Waals surface area contributed by atoms with Gasteiger partial charge in [-0.1, -0.05) is 26.7 Å². The van der Waals surface area contributed by atoms with Gasteiger partial charge in [-0.3, -0.25) is 9.69 Å². The molecule has 0 aromatic carbocycles. The van der Waals surface area contributed by atoms with E-state index in [-0.39, 0.29) is 5.54 Å². The number of rotatable bonds is 6. The molecule has 1 saturated carbocycles. The summed E-state index contributed by atoms with van der Waals surface area (Å²) in [6, 6.07) is 0. The van der Waals surface area contributed by atoms with Crippen molar-refractivity contribution in [2.45, 2.75) is 58.4 Å². The van der Waals surface area contributed by atoms with Crippen molar-refractivity contribution in [2.24, 2.45) is 0 Å². The number of aromatic nitrogens is 1. The summed E-state index contributed by atoms with van der Waals surface area (Å²) >= 11 is 1.61. The summed E-state index contributed by atoms with van der Waals surface area (Å²) in [6.07, 6.45) is 4.92. The maximum Gasteiger partial charge on any atom is 0.159 e. The Morgan fingerprint density at radius 1 is 1.37 bits per heavy atom. The summed E-state index contributed by atoms with van der Waals surface area (Å²) < 4.78 is 0. The lowest BCUT2D eigenvalue weighted by molar-refractivity contribution is -0.130. The van der Waals surface area contributed by atoms with Crippen LogP contribution in [0.3, 0.4) is 0 Å². The molecule has 1 aromatic rings. The highest BCUT2D eigenvalue weighted by Gasteiger charge is 2.44. The quantitative estimate of drug-likeness (QED) is 0.802.